The second-order valence-corrected chi connectivity index (χ2v) is 8.61. The predicted octanol–water partition coefficient (Wildman–Crippen LogP) is 5.38. The van der Waals surface area contributed by atoms with Crippen molar-refractivity contribution in [3.8, 4) is 5.69 Å². The van der Waals surface area contributed by atoms with E-state index in [1.54, 1.807) is 41.9 Å². The van der Waals surface area contributed by atoms with Crippen molar-refractivity contribution in [2.45, 2.75) is 20.3 Å². The van der Waals surface area contributed by atoms with Crippen LogP contribution in [0, 0.1) is 12.7 Å². The molecule has 0 fully saturated rings. The van der Waals surface area contributed by atoms with Gasteiger partial charge in [-0.3, -0.25) is 9.59 Å². The Bertz CT molecular complexity index is 1630. The zero-order valence-corrected chi connectivity index (χ0v) is 19.8. The third-order valence-corrected chi connectivity index (χ3v) is 6.26. The van der Waals surface area contributed by atoms with E-state index in [1.165, 1.54) is 15.6 Å². The first-order valence-corrected chi connectivity index (χ1v) is 11.6. The van der Waals surface area contributed by atoms with Crippen LogP contribution in [0.15, 0.2) is 77.6 Å². The van der Waals surface area contributed by atoms with Gasteiger partial charge in [0, 0.05) is 29.9 Å². The number of aromatic nitrogens is 3. The highest BCUT2D eigenvalue weighted by molar-refractivity contribution is 6.20. The van der Waals surface area contributed by atoms with Gasteiger partial charge in [-0.1, -0.05) is 55.0 Å². The molecule has 0 aliphatic rings. The molecule has 0 unspecified atom stereocenters. The summed E-state index contributed by atoms with van der Waals surface area (Å²) in [7, 11) is 1.81. The second-order valence-electron chi connectivity index (χ2n) is 8.61. The maximum Gasteiger partial charge on any atom is 0.296 e. The lowest BCUT2D eigenvalue weighted by atomic mass is 10.1. The van der Waals surface area contributed by atoms with Crippen LogP contribution < -0.4 is 10.5 Å². The van der Waals surface area contributed by atoms with Crippen molar-refractivity contribution >= 4 is 33.4 Å². The number of hydrogen-bond acceptors (Lipinski definition) is 3. The molecule has 7 heteroatoms. The summed E-state index contributed by atoms with van der Waals surface area (Å²) in [5.41, 5.74) is 2.73. The van der Waals surface area contributed by atoms with Crippen molar-refractivity contribution in [1.29, 1.82) is 0 Å². The number of benzene rings is 3. The van der Waals surface area contributed by atoms with Crippen LogP contribution >= 0.6 is 0 Å². The Kier molecular flexibility index (Phi) is 5.68. The topological polar surface area (TPSA) is 60.1 Å². The lowest BCUT2D eigenvalue weighted by Gasteiger charge is -2.23. The molecule has 2 heterocycles. The van der Waals surface area contributed by atoms with Gasteiger partial charge in [-0.05, 0) is 43.7 Å². The molecule has 6 nitrogen and oxygen atoms in total. The van der Waals surface area contributed by atoms with Gasteiger partial charge in [0.1, 0.15) is 11.3 Å². The van der Waals surface area contributed by atoms with Gasteiger partial charge in [0.2, 0.25) is 0 Å². The summed E-state index contributed by atoms with van der Waals surface area (Å²) in [6.45, 7) is 4.19. The van der Waals surface area contributed by atoms with Crippen LogP contribution in [-0.4, -0.2) is 26.8 Å². The molecule has 5 aromatic rings. The summed E-state index contributed by atoms with van der Waals surface area (Å²) in [5.74, 6) is -0.950. The summed E-state index contributed by atoms with van der Waals surface area (Å²) in [5, 5.41) is 5.82. The molecular weight excluding hydrogens is 443 g/mol. The van der Waals surface area contributed by atoms with Gasteiger partial charge >= 0.3 is 0 Å². The van der Waals surface area contributed by atoms with Gasteiger partial charge in [-0.2, -0.15) is 9.78 Å². The van der Waals surface area contributed by atoms with E-state index in [4.69, 9.17) is 0 Å². The van der Waals surface area contributed by atoms with E-state index in [0.717, 1.165) is 16.5 Å². The van der Waals surface area contributed by atoms with E-state index in [2.05, 4.69) is 5.10 Å². The second kappa shape index (κ2) is 8.83. The number of carbonyl (C=O) groups is 1. The quantitative estimate of drug-likeness (QED) is 0.348. The third kappa shape index (κ3) is 3.69. The zero-order valence-electron chi connectivity index (χ0n) is 19.8. The number of para-hydroxylation sites is 2. The van der Waals surface area contributed by atoms with E-state index < -0.39 is 11.7 Å². The van der Waals surface area contributed by atoms with Crippen LogP contribution in [0.2, 0.25) is 0 Å². The zero-order chi connectivity index (χ0) is 24.7. The highest BCUT2D eigenvalue weighted by atomic mass is 19.1. The summed E-state index contributed by atoms with van der Waals surface area (Å²) in [4.78, 5) is 29.2. The van der Waals surface area contributed by atoms with Crippen LogP contribution in [0.1, 0.15) is 29.4 Å². The van der Waals surface area contributed by atoms with Gasteiger partial charge in [0.25, 0.3) is 11.5 Å². The minimum absolute atomic E-state index is 0.105. The molecule has 0 saturated heterocycles. The van der Waals surface area contributed by atoms with Gasteiger partial charge < -0.3 is 9.47 Å². The van der Waals surface area contributed by atoms with Crippen LogP contribution in [0.25, 0.3) is 27.5 Å². The standard InChI is InChI=1S/C28H25FN4O2/c1-4-17-32(23-12-8-6-10-21(23)29)27(34)25-24-20-9-5-7-11-22(20)31(3)26(24)28(35)33(30-25)19-15-13-18(2)14-16-19/h5-16H,4,17H2,1-3H3. The summed E-state index contributed by atoms with van der Waals surface area (Å²) < 4.78 is 17.8. The van der Waals surface area contributed by atoms with Gasteiger partial charge in [0.15, 0.2) is 5.69 Å². The number of anilines is 1. The molecule has 3 aromatic carbocycles. The molecule has 0 aliphatic carbocycles. The summed E-state index contributed by atoms with van der Waals surface area (Å²) in [6.07, 6.45) is 0.621. The maximum atomic E-state index is 14.8. The van der Waals surface area contributed by atoms with Crippen molar-refractivity contribution in [3.63, 3.8) is 0 Å². The number of hydrogen-bond donors (Lipinski definition) is 0. The van der Waals surface area contributed by atoms with Crippen LogP contribution in [0.3, 0.4) is 0 Å². The van der Waals surface area contributed by atoms with E-state index in [-0.39, 0.29) is 16.9 Å². The van der Waals surface area contributed by atoms with E-state index >= 15 is 0 Å². The minimum atomic E-state index is -0.490. The fraction of sp³-hybridized carbons (Fsp3) is 0.179. The number of aryl methyl sites for hydroxylation is 2. The highest BCUT2D eigenvalue weighted by Gasteiger charge is 2.28. The molecule has 0 spiro atoms. The predicted molar refractivity (Wildman–Crippen MR) is 137 cm³/mol. The normalized spacial score (nSPS) is 11.3. The fourth-order valence-electron chi connectivity index (χ4n) is 4.54. The lowest BCUT2D eigenvalue weighted by molar-refractivity contribution is 0.0981. The van der Waals surface area contributed by atoms with E-state index in [0.29, 0.717) is 29.6 Å². The maximum absolute atomic E-state index is 14.8. The SMILES string of the molecule is CCCN(C(=O)c1nn(-c2ccc(C)cc2)c(=O)c2c1c1ccccc1n2C)c1ccccc1F. The molecule has 1 amide bonds. The number of amides is 1. The van der Waals surface area contributed by atoms with Crippen molar-refractivity contribution in [1.82, 2.24) is 14.3 Å². The molecule has 35 heavy (non-hydrogen) atoms. The number of halogens is 1. The third-order valence-electron chi connectivity index (χ3n) is 6.26. The Morgan fingerprint density at radius 1 is 1.00 bits per heavy atom. The number of carbonyl (C=O) groups excluding carboxylic acids is 1. The van der Waals surface area contributed by atoms with E-state index in [9.17, 15) is 14.0 Å². The summed E-state index contributed by atoms with van der Waals surface area (Å²) in [6, 6.07) is 21.1. The Balaban J connectivity index is 1.85. The molecule has 0 saturated carbocycles. The van der Waals surface area contributed by atoms with E-state index in [1.807, 2.05) is 50.2 Å². The molecule has 0 N–H and O–H groups in total. The van der Waals surface area contributed by atoms with Crippen LogP contribution in [-0.2, 0) is 7.05 Å². The minimum Gasteiger partial charge on any atom is -0.339 e. The molecule has 0 bridgehead atoms. The largest absolute Gasteiger partial charge is 0.339 e. The Hall–Kier alpha value is -4.26. The lowest BCUT2D eigenvalue weighted by Crippen LogP contribution is -2.35. The molecule has 5 rings (SSSR count). The first-order valence-electron chi connectivity index (χ1n) is 11.6. The molecule has 0 atom stereocenters. The summed E-state index contributed by atoms with van der Waals surface area (Å²) >= 11 is 0. The van der Waals surface area contributed by atoms with Crippen molar-refractivity contribution in [3.05, 3.63) is 100 Å². The monoisotopic (exact) mass is 468 g/mol. The fourth-order valence-corrected chi connectivity index (χ4v) is 4.54. The van der Waals surface area contributed by atoms with Crippen LogP contribution in [0.4, 0.5) is 10.1 Å². The van der Waals surface area contributed by atoms with Crippen molar-refractivity contribution < 1.29 is 9.18 Å². The van der Waals surface area contributed by atoms with Gasteiger partial charge in [-0.25, -0.2) is 4.39 Å². The highest BCUT2D eigenvalue weighted by Crippen LogP contribution is 2.30. The smallest absolute Gasteiger partial charge is 0.296 e. The molecule has 176 valence electrons. The first kappa shape index (κ1) is 22.5. The van der Waals surface area contributed by atoms with Gasteiger partial charge in [-0.15, -0.1) is 0 Å². The first-order chi connectivity index (χ1) is 16.9. The average Bonchev–Trinajstić information content (AvgIpc) is 3.17. The van der Waals surface area contributed by atoms with Crippen LogP contribution in [0.5, 0.6) is 0 Å². The average molecular weight is 469 g/mol. The molecule has 2 aromatic heterocycles. The van der Waals surface area contributed by atoms with Gasteiger partial charge in [0.05, 0.1) is 11.4 Å². The molecule has 0 aliphatic heterocycles. The van der Waals surface area contributed by atoms with Crippen molar-refractivity contribution in [2.24, 2.45) is 7.05 Å². The van der Waals surface area contributed by atoms with Crippen molar-refractivity contribution in [2.75, 3.05) is 11.4 Å². The molecule has 0 radical (unpaired) electrons. The number of nitrogens with zero attached hydrogens (tertiary/aromatic N) is 4. The molecular formula is C28H25FN4O2. The Labute approximate surface area is 201 Å². The number of fused-ring (bicyclic) bond motifs is 3. The Morgan fingerprint density at radius 3 is 2.40 bits per heavy atom. The number of rotatable bonds is 5. The Morgan fingerprint density at radius 2 is 1.69 bits per heavy atom.